The van der Waals surface area contributed by atoms with E-state index in [1.54, 1.807) is 0 Å². The molecule has 1 aromatic rings. The Bertz CT molecular complexity index is 591. The third-order valence-corrected chi connectivity index (χ3v) is 6.07. The van der Waals surface area contributed by atoms with Gasteiger partial charge in [0.25, 0.3) is 0 Å². The lowest BCUT2D eigenvalue weighted by molar-refractivity contribution is 0.414. The van der Waals surface area contributed by atoms with Crippen LogP contribution >= 0.6 is 23.2 Å². The van der Waals surface area contributed by atoms with Gasteiger partial charge in [-0.05, 0) is 24.5 Å². The van der Waals surface area contributed by atoms with Gasteiger partial charge in [0, 0.05) is 6.54 Å². The third kappa shape index (κ3) is 5.01. The molecule has 1 N–H and O–H groups in total. The Balaban J connectivity index is 2.89. The van der Waals surface area contributed by atoms with Crippen molar-refractivity contribution in [2.45, 2.75) is 44.4 Å². The quantitative estimate of drug-likeness (QED) is 0.698. The van der Waals surface area contributed by atoms with Crippen LogP contribution in [-0.4, -0.2) is 22.1 Å². The Morgan fingerprint density at radius 1 is 1.23 bits per heavy atom. The summed E-state index contributed by atoms with van der Waals surface area (Å²) in [5, 5.41) is 0.0835. The van der Waals surface area contributed by atoms with Gasteiger partial charge in [-0.25, -0.2) is 13.1 Å². The molecule has 0 heterocycles. The van der Waals surface area contributed by atoms with Gasteiger partial charge in [0.2, 0.25) is 10.0 Å². The lowest BCUT2D eigenvalue weighted by Gasteiger charge is -2.16. The van der Waals surface area contributed by atoms with E-state index in [1.807, 2.05) is 0 Å². The van der Waals surface area contributed by atoms with Crippen LogP contribution in [0.2, 0.25) is 10.0 Å². The molecule has 0 aromatic heterocycles. The Labute approximate surface area is 143 Å². The van der Waals surface area contributed by atoms with Crippen molar-refractivity contribution in [2.24, 2.45) is 5.92 Å². The second-order valence-corrected chi connectivity index (χ2v) is 7.65. The van der Waals surface area contributed by atoms with E-state index in [2.05, 4.69) is 18.6 Å². The normalized spacial score (nSPS) is 13.1. The van der Waals surface area contributed by atoms with Crippen LogP contribution in [0, 0.1) is 5.92 Å². The van der Waals surface area contributed by atoms with Gasteiger partial charge < -0.3 is 4.74 Å². The molecule has 0 aliphatic rings. The molecule has 1 rings (SSSR count). The largest absolute Gasteiger partial charge is 0.495 e. The molecule has 0 saturated carbocycles. The molecular weight excluding hydrogens is 345 g/mol. The summed E-state index contributed by atoms with van der Waals surface area (Å²) in [5.41, 5.74) is 0. The molecule has 0 aliphatic carbocycles. The minimum Gasteiger partial charge on any atom is -0.495 e. The van der Waals surface area contributed by atoms with Crippen molar-refractivity contribution in [1.82, 2.24) is 4.72 Å². The molecule has 7 heteroatoms. The molecule has 0 radical (unpaired) electrons. The Hall–Kier alpha value is -0.490. The summed E-state index contributed by atoms with van der Waals surface area (Å²) < 4.78 is 32.5. The molecule has 0 aliphatic heterocycles. The Morgan fingerprint density at radius 3 is 2.45 bits per heavy atom. The number of benzene rings is 1. The maximum atomic E-state index is 12.4. The fourth-order valence-corrected chi connectivity index (χ4v) is 4.08. The molecule has 0 saturated heterocycles. The van der Waals surface area contributed by atoms with Gasteiger partial charge in [0.1, 0.15) is 15.7 Å². The van der Waals surface area contributed by atoms with Crippen molar-refractivity contribution in [3.63, 3.8) is 0 Å². The first kappa shape index (κ1) is 19.6. The lowest BCUT2D eigenvalue weighted by atomic mass is 10.00. The van der Waals surface area contributed by atoms with Crippen LogP contribution in [-0.2, 0) is 10.0 Å². The van der Waals surface area contributed by atoms with Crippen molar-refractivity contribution >= 4 is 33.2 Å². The summed E-state index contributed by atoms with van der Waals surface area (Å²) in [6.07, 6.45) is 4.13. The van der Waals surface area contributed by atoms with E-state index < -0.39 is 10.0 Å². The number of halogens is 2. The van der Waals surface area contributed by atoms with Crippen molar-refractivity contribution in [1.29, 1.82) is 0 Å². The highest BCUT2D eigenvalue weighted by Gasteiger charge is 2.22. The maximum absolute atomic E-state index is 12.4. The van der Waals surface area contributed by atoms with Gasteiger partial charge in [-0.15, -0.1) is 0 Å². The zero-order valence-corrected chi connectivity index (χ0v) is 15.5. The molecule has 1 aromatic carbocycles. The Kier molecular flexibility index (Phi) is 7.97. The van der Waals surface area contributed by atoms with E-state index in [1.165, 1.54) is 19.2 Å². The minimum atomic E-state index is -3.69. The highest BCUT2D eigenvalue weighted by molar-refractivity contribution is 7.89. The maximum Gasteiger partial charge on any atom is 0.242 e. The van der Waals surface area contributed by atoms with Crippen LogP contribution < -0.4 is 9.46 Å². The zero-order valence-electron chi connectivity index (χ0n) is 13.2. The zero-order chi connectivity index (χ0) is 16.8. The molecule has 0 spiro atoms. The monoisotopic (exact) mass is 367 g/mol. The topological polar surface area (TPSA) is 55.4 Å². The van der Waals surface area contributed by atoms with E-state index in [0.29, 0.717) is 18.2 Å². The van der Waals surface area contributed by atoms with Crippen LogP contribution in [0.4, 0.5) is 0 Å². The molecule has 0 bridgehead atoms. The number of unbranched alkanes of at least 4 members (excludes halogenated alkanes) is 1. The smallest absolute Gasteiger partial charge is 0.242 e. The van der Waals surface area contributed by atoms with Gasteiger partial charge in [0.05, 0.1) is 12.1 Å². The van der Waals surface area contributed by atoms with Crippen molar-refractivity contribution < 1.29 is 13.2 Å². The summed E-state index contributed by atoms with van der Waals surface area (Å²) in [6, 6.07) is 2.90. The molecule has 22 heavy (non-hydrogen) atoms. The number of hydrogen-bond donors (Lipinski definition) is 1. The number of sulfonamides is 1. The number of methoxy groups -OCH3 is 1. The SMILES string of the molecule is CCCC[C@H](CC)CNS(=O)(=O)c1ccc(OC)c(Cl)c1Cl. The van der Waals surface area contributed by atoms with Crippen LogP contribution in [0.5, 0.6) is 5.75 Å². The van der Waals surface area contributed by atoms with E-state index >= 15 is 0 Å². The number of hydrogen-bond acceptors (Lipinski definition) is 3. The molecule has 1 atom stereocenters. The second-order valence-electron chi connectivity index (χ2n) is 5.16. The van der Waals surface area contributed by atoms with Crippen molar-refractivity contribution in [2.75, 3.05) is 13.7 Å². The van der Waals surface area contributed by atoms with Crippen LogP contribution in [0.3, 0.4) is 0 Å². The van der Waals surface area contributed by atoms with Gasteiger partial charge >= 0.3 is 0 Å². The summed E-state index contributed by atoms with van der Waals surface area (Å²) in [4.78, 5) is -0.0229. The predicted octanol–water partition coefficient (Wildman–Crippen LogP) is 4.50. The highest BCUT2D eigenvalue weighted by atomic mass is 35.5. The van der Waals surface area contributed by atoms with E-state index in [9.17, 15) is 8.42 Å². The molecule has 0 fully saturated rings. The van der Waals surface area contributed by atoms with Crippen molar-refractivity contribution in [3.05, 3.63) is 22.2 Å². The molecule has 0 amide bonds. The van der Waals surface area contributed by atoms with Crippen molar-refractivity contribution in [3.8, 4) is 5.75 Å². The second kappa shape index (κ2) is 8.96. The molecule has 4 nitrogen and oxygen atoms in total. The van der Waals surface area contributed by atoms with Crippen LogP contribution in [0.15, 0.2) is 17.0 Å². The van der Waals surface area contributed by atoms with E-state index in [0.717, 1.165) is 25.7 Å². The summed E-state index contributed by atoms with van der Waals surface area (Å²) in [5.74, 6) is 0.669. The third-order valence-electron chi connectivity index (χ3n) is 3.63. The van der Waals surface area contributed by atoms with E-state index in [4.69, 9.17) is 27.9 Å². The standard InChI is InChI=1S/C15H23Cl2NO3S/c1-4-6-7-11(5-2)10-18-22(19,20)13-9-8-12(21-3)14(16)15(13)17/h8-9,11,18H,4-7,10H2,1-3H3/t11-/m0/s1. The molecule has 126 valence electrons. The summed E-state index contributed by atoms with van der Waals surface area (Å²) >= 11 is 12.1. The molecular formula is C15H23Cl2NO3S. The fraction of sp³-hybridized carbons (Fsp3) is 0.600. The Morgan fingerprint density at radius 2 is 1.91 bits per heavy atom. The summed E-state index contributed by atoms with van der Waals surface area (Å²) in [6.45, 7) is 4.58. The first-order valence-electron chi connectivity index (χ1n) is 7.39. The first-order valence-corrected chi connectivity index (χ1v) is 9.62. The minimum absolute atomic E-state index is 0.0184. The summed E-state index contributed by atoms with van der Waals surface area (Å²) in [7, 11) is -2.24. The molecule has 0 unspecified atom stereocenters. The van der Waals surface area contributed by atoms with Gasteiger partial charge in [-0.3, -0.25) is 0 Å². The van der Waals surface area contributed by atoms with Gasteiger partial charge in [0.15, 0.2) is 0 Å². The first-order chi connectivity index (χ1) is 10.4. The van der Waals surface area contributed by atoms with Gasteiger partial charge in [-0.2, -0.15) is 0 Å². The highest BCUT2D eigenvalue weighted by Crippen LogP contribution is 2.36. The van der Waals surface area contributed by atoms with Crippen LogP contribution in [0.1, 0.15) is 39.5 Å². The fourth-order valence-electron chi connectivity index (χ4n) is 2.13. The average Bonchev–Trinajstić information content (AvgIpc) is 2.50. The average molecular weight is 368 g/mol. The van der Waals surface area contributed by atoms with Crippen LogP contribution in [0.25, 0.3) is 0 Å². The number of ether oxygens (including phenoxy) is 1. The number of nitrogens with one attached hydrogen (secondary N) is 1. The van der Waals surface area contributed by atoms with Gasteiger partial charge in [-0.1, -0.05) is 56.3 Å². The van der Waals surface area contributed by atoms with E-state index in [-0.39, 0.29) is 14.9 Å². The lowest BCUT2D eigenvalue weighted by Crippen LogP contribution is -2.29. The number of rotatable bonds is 9. The predicted molar refractivity (Wildman–Crippen MR) is 91.5 cm³/mol.